The van der Waals surface area contributed by atoms with Crippen molar-refractivity contribution in [2.45, 2.75) is 13.5 Å². The van der Waals surface area contributed by atoms with Crippen LogP contribution >= 0.6 is 11.6 Å². The van der Waals surface area contributed by atoms with Gasteiger partial charge in [0.1, 0.15) is 0 Å². The molecule has 0 bridgehead atoms. The van der Waals surface area contributed by atoms with Gasteiger partial charge in [-0.05, 0) is 50.4 Å². The molecule has 1 heterocycles. The van der Waals surface area contributed by atoms with Crippen LogP contribution in [0.3, 0.4) is 0 Å². The summed E-state index contributed by atoms with van der Waals surface area (Å²) in [5.74, 6) is 0. The number of aromatic nitrogens is 1. The highest BCUT2D eigenvalue weighted by molar-refractivity contribution is 6.32. The van der Waals surface area contributed by atoms with Gasteiger partial charge in [-0.3, -0.25) is 4.98 Å². The Labute approximate surface area is 125 Å². The highest BCUT2D eigenvalue weighted by Crippen LogP contribution is 2.19. The fourth-order valence-electron chi connectivity index (χ4n) is 2.00. The summed E-state index contributed by atoms with van der Waals surface area (Å²) in [4.78, 5) is 6.75. The molecule has 0 aliphatic carbocycles. The molecule has 2 nitrogen and oxygen atoms in total. The number of hydrogen-bond donors (Lipinski definition) is 0. The standard InChI is InChI=1S/C17H19ClN2/c1-13-8-9-15(12-20(2)3)17(19-13)11-10-14-6-4-5-7-16(14)18/h4-11H,12H2,1-3H3/b11-10+. The summed E-state index contributed by atoms with van der Waals surface area (Å²) in [6, 6.07) is 12.0. The quantitative estimate of drug-likeness (QED) is 0.834. The van der Waals surface area contributed by atoms with Gasteiger partial charge in [0.2, 0.25) is 0 Å². The molecule has 3 heteroatoms. The summed E-state index contributed by atoms with van der Waals surface area (Å²) >= 11 is 6.17. The lowest BCUT2D eigenvalue weighted by atomic mass is 10.1. The average Bonchev–Trinajstić information content (AvgIpc) is 2.40. The van der Waals surface area contributed by atoms with Crippen LogP contribution < -0.4 is 0 Å². The highest BCUT2D eigenvalue weighted by atomic mass is 35.5. The van der Waals surface area contributed by atoms with E-state index in [1.807, 2.05) is 49.4 Å². The topological polar surface area (TPSA) is 16.1 Å². The van der Waals surface area contributed by atoms with Crippen LogP contribution in [0.2, 0.25) is 5.02 Å². The van der Waals surface area contributed by atoms with Crippen LogP contribution in [0.4, 0.5) is 0 Å². The smallest absolute Gasteiger partial charge is 0.0678 e. The van der Waals surface area contributed by atoms with Crippen molar-refractivity contribution in [3.63, 3.8) is 0 Å². The molecule has 0 amide bonds. The molecule has 0 radical (unpaired) electrons. The minimum absolute atomic E-state index is 0.755. The monoisotopic (exact) mass is 286 g/mol. The van der Waals surface area contributed by atoms with Crippen LogP contribution in [0.25, 0.3) is 12.2 Å². The normalized spacial score (nSPS) is 11.4. The first-order valence-electron chi connectivity index (χ1n) is 6.60. The zero-order valence-corrected chi connectivity index (χ0v) is 12.9. The summed E-state index contributed by atoms with van der Waals surface area (Å²) in [5, 5.41) is 0.755. The van der Waals surface area contributed by atoms with Crippen LogP contribution in [0.15, 0.2) is 36.4 Å². The number of benzene rings is 1. The van der Waals surface area contributed by atoms with Crippen molar-refractivity contribution >= 4 is 23.8 Å². The van der Waals surface area contributed by atoms with E-state index >= 15 is 0 Å². The summed E-state index contributed by atoms with van der Waals surface area (Å²) in [6.45, 7) is 2.88. The van der Waals surface area contributed by atoms with Crippen LogP contribution in [0, 0.1) is 6.92 Å². The van der Waals surface area contributed by atoms with Crippen molar-refractivity contribution in [1.29, 1.82) is 0 Å². The molecule has 2 aromatic rings. The van der Waals surface area contributed by atoms with Crippen LogP contribution in [-0.2, 0) is 6.54 Å². The van der Waals surface area contributed by atoms with Gasteiger partial charge in [0, 0.05) is 17.3 Å². The van der Waals surface area contributed by atoms with E-state index < -0.39 is 0 Å². The van der Waals surface area contributed by atoms with Gasteiger partial charge in [0.25, 0.3) is 0 Å². The van der Waals surface area contributed by atoms with Gasteiger partial charge in [0.05, 0.1) is 5.69 Å². The van der Waals surface area contributed by atoms with Gasteiger partial charge in [-0.25, -0.2) is 0 Å². The molecule has 0 atom stereocenters. The van der Waals surface area contributed by atoms with E-state index in [1.165, 1.54) is 5.56 Å². The molecular formula is C17H19ClN2. The number of nitrogens with zero attached hydrogens (tertiary/aromatic N) is 2. The molecule has 1 aromatic carbocycles. The first-order valence-corrected chi connectivity index (χ1v) is 6.98. The molecule has 0 N–H and O–H groups in total. The molecule has 20 heavy (non-hydrogen) atoms. The zero-order valence-electron chi connectivity index (χ0n) is 12.1. The SMILES string of the molecule is Cc1ccc(CN(C)C)c(/C=C/c2ccccc2Cl)n1. The third-order valence-electron chi connectivity index (χ3n) is 2.96. The Morgan fingerprint density at radius 3 is 2.55 bits per heavy atom. The van der Waals surface area contributed by atoms with Crippen molar-refractivity contribution in [3.05, 3.63) is 63.9 Å². The molecule has 0 fully saturated rings. The van der Waals surface area contributed by atoms with E-state index in [0.717, 1.165) is 28.5 Å². The van der Waals surface area contributed by atoms with E-state index in [4.69, 9.17) is 11.6 Å². The van der Waals surface area contributed by atoms with E-state index in [0.29, 0.717) is 0 Å². The van der Waals surface area contributed by atoms with Gasteiger partial charge < -0.3 is 4.90 Å². The van der Waals surface area contributed by atoms with Crippen LogP contribution in [0.1, 0.15) is 22.5 Å². The van der Waals surface area contributed by atoms with Gasteiger partial charge >= 0.3 is 0 Å². The third-order valence-corrected chi connectivity index (χ3v) is 3.31. The Morgan fingerprint density at radius 1 is 1.10 bits per heavy atom. The molecule has 0 spiro atoms. The predicted molar refractivity (Wildman–Crippen MR) is 86.7 cm³/mol. The lowest BCUT2D eigenvalue weighted by Crippen LogP contribution is -2.12. The fourth-order valence-corrected chi connectivity index (χ4v) is 2.20. The molecule has 2 rings (SSSR count). The predicted octanol–water partition coefficient (Wildman–Crippen LogP) is 4.28. The first-order chi connectivity index (χ1) is 9.56. The maximum absolute atomic E-state index is 6.17. The van der Waals surface area contributed by atoms with E-state index in [1.54, 1.807) is 0 Å². The maximum atomic E-state index is 6.17. The molecule has 0 saturated heterocycles. The molecule has 0 unspecified atom stereocenters. The van der Waals surface area contributed by atoms with Crippen molar-refractivity contribution in [1.82, 2.24) is 9.88 Å². The van der Waals surface area contributed by atoms with Crippen LogP contribution in [0.5, 0.6) is 0 Å². The minimum Gasteiger partial charge on any atom is -0.305 e. The summed E-state index contributed by atoms with van der Waals surface area (Å²) < 4.78 is 0. The van der Waals surface area contributed by atoms with Gasteiger partial charge in [0.15, 0.2) is 0 Å². The van der Waals surface area contributed by atoms with Crippen molar-refractivity contribution in [2.24, 2.45) is 0 Å². The lowest BCUT2D eigenvalue weighted by Gasteiger charge is -2.12. The molecular weight excluding hydrogens is 268 g/mol. The van der Waals surface area contributed by atoms with Crippen molar-refractivity contribution in [3.8, 4) is 0 Å². The summed E-state index contributed by atoms with van der Waals surface area (Å²) in [7, 11) is 4.11. The number of pyridine rings is 1. The molecule has 104 valence electrons. The van der Waals surface area contributed by atoms with Crippen molar-refractivity contribution in [2.75, 3.05) is 14.1 Å². The van der Waals surface area contributed by atoms with Crippen molar-refractivity contribution < 1.29 is 0 Å². The second-order valence-corrected chi connectivity index (χ2v) is 5.50. The Bertz CT molecular complexity index is 618. The van der Waals surface area contributed by atoms with E-state index in [9.17, 15) is 0 Å². The fraction of sp³-hybridized carbons (Fsp3) is 0.235. The van der Waals surface area contributed by atoms with Gasteiger partial charge in [-0.15, -0.1) is 0 Å². The average molecular weight is 287 g/mol. The highest BCUT2D eigenvalue weighted by Gasteiger charge is 2.03. The number of aryl methyl sites for hydroxylation is 1. The second-order valence-electron chi connectivity index (χ2n) is 5.09. The molecule has 1 aromatic heterocycles. The second kappa shape index (κ2) is 6.69. The van der Waals surface area contributed by atoms with Gasteiger partial charge in [-0.1, -0.05) is 41.9 Å². The van der Waals surface area contributed by atoms with E-state index in [-0.39, 0.29) is 0 Å². The maximum Gasteiger partial charge on any atom is 0.0678 e. The van der Waals surface area contributed by atoms with Gasteiger partial charge in [-0.2, -0.15) is 0 Å². The number of hydrogen-bond acceptors (Lipinski definition) is 2. The first kappa shape index (κ1) is 14.8. The third kappa shape index (κ3) is 3.92. The number of halogens is 1. The van der Waals surface area contributed by atoms with E-state index in [2.05, 4.69) is 30.0 Å². The zero-order chi connectivity index (χ0) is 14.5. The minimum atomic E-state index is 0.755. The summed E-state index contributed by atoms with van der Waals surface area (Å²) in [5.41, 5.74) is 4.24. The molecule has 0 aliphatic rings. The Hall–Kier alpha value is -1.64. The molecule has 0 saturated carbocycles. The largest absolute Gasteiger partial charge is 0.305 e. The molecule has 0 aliphatic heterocycles. The lowest BCUT2D eigenvalue weighted by molar-refractivity contribution is 0.401. The number of rotatable bonds is 4. The Morgan fingerprint density at radius 2 is 1.85 bits per heavy atom. The Kier molecular flexibility index (Phi) is 4.94. The van der Waals surface area contributed by atoms with Crippen LogP contribution in [-0.4, -0.2) is 24.0 Å². The summed E-state index contributed by atoms with van der Waals surface area (Å²) in [6.07, 6.45) is 4.05. The Balaban J connectivity index is 2.32.